The predicted octanol–water partition coefficient (Wildman–Crippen LogP) is 2.76. The first-order chi connectivity index (χ1) is 7.13. The third-order valence-corrected chi connectivity index (χ3v) is 2.94. The largest absolute Gasteiger partial charge is 0.310 e. The van der Waals surface area contributed by atoms with Crippen LogP contribution in [0.5, 0.6) is 0 Å². The molecule has 0 atom stereocenters. The Hall–Kier alpha value is -1.23. The number of anilines is 1. The number of carbonyl (C=O) groups excluding carboxylic acids is 1. The normalized spacial score (nSPS) is 13.9. The second-order valence-corrected chi connectivity index (χ2v) is 4.36. The van der Waals surface area contributed by atoms with Gasteiger partial charge in [-0.2, -0.15) is 0 Å². The molecular formula is C10H9BrN2O2. The summed E-state index contributed by atoms with van der Waals surface area (Å²) in [5.41, 5.74) is 1.99. The molecule has 15 heavy (non-hydrogen) atoms. The number of rotatable bonds is 1. The number of carbonyl (C=O) groups is 1. The third-order valence-electron chi connectivity index (χ3n) is 2.49. The fourth-order valence-corrected chi connectivity index (χ4v) is 2.36. The molecule has 2 rings (SSSR count). The van der Waals surface area contributed by atoms with E-state index in [0.29, 0.717) is 17.9 Å². The maximum atomic E-state index is 11.3. The lowest BCUT2D eigenvalue weighted by atomic mass is 10.1. The van der Waals surface area contributed by atoms with Gasteiger partial charge in [-0.3, -0.25) is 4.79 Å². The Kier molecular flexibility index (Phi) is 2.56. The van der Waals surface area contributed by atoms with E-state index in [9.17, 15) is 9.70 Å². The molecule has 0 N–H and O–H groups in total. The molecule has 1 aliphatic rings. The molecule has 0 aromatic heterocycles. The lowest BCUT2D eigenvalue weighted by Crippen LogP contribution is -2.25. The summed E-state index contributed by atoms with van der Waals surface area (Å²) < 4.78 is 0.821. The first-order valence-corrected chi connectivity index (χ1v) is 5.36. The van der Waals surface area contributed by atoms with Crippen molar-refractivity contribution in [3.63, 3.8) is 0 Å². The summed E-state index contributed by atoms with van der Waals surface area (Å²) >= 11 is 3.31. The van der Waals surface area contributed by atoms with Crippen LogP contribution in [0.4, 0.5) is 11.4 Å². The van der Waals surface area contributed by atoms with E-state index in [4.69, 9.17) is 0 Å². The minimum absolute atomic E-state index is 0.0547. The zero-order valence-electron chi connectivity index (χ0n) is 8.16. The van der Waals surface area contributed by atoms with Crippen LogP contribution in [0.2, 0.25) is 0 Å². The molecule has 0 unspecified atom stereocenters. The summed E-state index contributed by atoms with van der Waals surface area (Å²) in [6, 6.07) is 3.56. The fourth-order valence-electron chi connectivity index (χ4n) is 1.87. The van der Waals surface area contributed by atoms with Crippen LogP contribution in [-0.4, -0.2) is 12.5 Å². The van der Waals surface area contributed by atoms with Gasteiger partial charge in [-0.25, -0.2) is 0 Å². The number of nitroso groups, excluding NO2 is 1. The van der Waals surface area contributed by atoms with E-state index in [0.717, 1.165) is 16.5 Å². The van der Waals surface area contributed by atoms with Crippen LogP contribution >= 0.6 is 15.9 Å². The Morgan fingerprint density at radius 2 is 2.27 bits per heavy atom. The van der Waals surface area contributed by atoms with Crippen molar-refractivity contribution in [2.45, 2.75) is 13.3 Å². The van der Waals surface area contributed by atoms with Gasteiger partial charge in [-0.15, -0.1) is 4.91 Å². The summed E-state index contributed by atoms with van der Waals surface area (Å²) in [7, 11) is 0. The number of benzene rings is 1. The minimum Gasteiger partial charge on any atom is -0.310 e. The van der Waals surface area contributed by atoms with E-state index in [1.165, 1.54) is 6.92 Å². The van der Waals surface area contributed by atoms with Crippen LogP contribution in [0.15, 0.2) is 21.8 Å². The Morgan fingerprint density at radius 3 is 2.87 bits per heavy atom. The van der Waals surface area contributed by atoms with Crippen LogP contribution in [-0.2, 0) is 11.2 Å². The van der Waals surface area contributed by atoms with Crippen LogP contribution in [0.1, 0.15) is 12.5 Å². The van der Waals surface area contributed by atoms with Crippen molar-refractivity contribution in [1.82, 2.24) is 0 Å². The molecule has 0 spiro atoms. The van der Waals surface area contributed by atoms with Gasteiger partial charge >= 0.3 is 0 Å². The Morgan fingerprint density at radius 1 is 1.53 bits per heavy atom. The molecule has 1 aromatic carbocycles. The molecule has 0 bridgehead atoms. The van der Waals surface area contributed by atoms with Crippen LogP contribution in [0, 0.1) is 4.91 Å². The van der Waals surface area contributed by atoms with Gasteiger partial charge in [0.05, 0.1) is 5.69 Å². The minimum atomic E-state index is -0.0547. The average molecular weight is 269 g/mol. The molecule has 0 fully saturated rings. The number of hydrogen-bond acceptors (Lipinski definition) is 3. The molecule has 4 nitrogen and oxygen atoms in total. The van der Waals surface area contributed by atoms with E-state index in [1.54, 1.807) is 11.0 Å². The first kappa shape index (κ1) is 10.3. The number of fused-ring (bicyclic) bond motifs is 1. The van der Waals surface area contributed by atoms with Gasteiger partial charge in [0, 0.05) is 17.9 Å². The lowest BCUT2D eigenvalue weighted by molar-refractivity contribution is -0.116. The van der Waals surface area contributed by atoms with Gasteiger partial charge in [0.1, 0.15) is 5.69 Å². The third kappa shape index (κ3) is 1.67. The molecule has 5 heteroatoms. The highest BCUT2D eigenvalue weighted by molar-refractivity contribution is 9.10. The van der Waals surface area contributed by atoms with Crippen molar-refractivity contribution in [3.05, 3.63) is 27.1 Å². The summed E-state index contributed by atoms with van der Waals surface area (Å²) in [6.45, 7) is 2.12. The highest BCUT2D eigenvalue weighted by atomic mass is 79.9. The maximum Gasteiger partial charge on any atom is 0.223 e. The van der Waals surface area contributed by atoms with Crippen molar-refractivity contribution in [2.24, 2.45) is 5.18 Å². The highest BCUT2D eigenvalue weighted by Crippen LogP contribution is 2.39. The van der Waals surface area contributed by atoms with Crippen molar-refractivity contribution in [1.29, 1.82) is 0 Å². The lowest BCUT2D eigenvalue weighted by Gasteiger charge is -2.15. The Balaban J connectivity index is 2.60. The highest BCUT2D eigenvalue weighted by Gasteiger charge is 2.26. The standard InChI is InChI=1S/C10H9BrN2O2/c1-6(14)13-3-2-7-4-8(11)5-9(12-15)10(7)13/h4-5H,2-3H2,1H3. The Labute approximate surface area is 95.4 Å². The van der Waals surface area contributed by atoms with Crippen LogP contribution in [0.3, 0.4) is 0 Å². The van der Waals surface area contributed by atoms with Crippen molar-refractivity contribution < 1.29 is 4.79 Å². The van der Waals surface area contributed by atoms with E-state index in [-0.39, 0.29) is 5.91 Å². The van der Waals surface area contributed by atoms with Gasteiger partial charge in [-0.05, 0) is 29.3 Å². The average Bonchev–Trinajstić information content (AvgIpc) is 2.59. The van der Waals surface area contributed by atoms with E-state index >= 15 is 0 Å². The van der Waals surface area contributed by atoms with Crippen molar-refractivity contribution in [2.75, 3.05) is 11.4 Å². The second kappa shape index (κ2) is 3.73. The SMILES string of the molecule is CC(=O)N1CCc2cc(Br)cc(N=O)c21. The smallest absolute Gasteiger partial charge is 0.223 e. The van der Waals surface area contributed by atoms with E-state index in [1.807, 2.05) is 6.07 Å². The molecule has 0 saturated heterocycles. The summed E-state index contributed by atoms with van der Waals surface area (Å²) in [5.74, 6) is -0.0547. The van der Waals surface area contributed by atoms with E-state index in [2.05, 4.69) is 21.1 Å². The summed E-state index contributed by atoms with van der Waals surface area (Å²) in [5, 5.41) is 2.96. The predicted molar refractivity (Wildman–Crippen MR) is 61.3 cm³/mol. The number of amides is 1. The molecule has 0 saturated carbocycles. The molecular weight excluding hydrogens is 260 g/mol. The molecule has 78 valence electrons. The van der Waals surface area contributed by atoms with Gasteiger partial charge in [0.25, 0.3) is 0 Å². The topological polar surface area (TPSA) is 49.7 Å². The molecule has 1 heterocycles. The molecule has 1 amide bonds. The molecule has 1 aliphatic heterocycles. The Bertz CT molecular complexity index is 445. The zero-order valence-corrected chi connectivity index (χ0v) is 9.74. The number of nitrogens with zero attached hydrogens (tertiary/aromatic N) is 2. The summed E-state index contributed by atoms with van der Waals surface area (Å²) in [6.07, 6.45) is 0.775. The first-order valence-electron chi connectivity index (χ1n) is 4.57. The maximum absolute atomic E-state index is 11.3. The molecule has 1 aromatic rings. The summed E-state index contributed by atoms with van der Waals surface area (Å²) in [4.78, 5) is 23.6. The zero-order chi connectivity index (χ0) is 11.0. The van der Waals surface area contributed by atoms with Gasteiger partial charge in [0.15, 0.2) is 0 Å². The fraction of sp³-hybridized carbons (Fsp3) is 0.300. The van der Waals surface area contributed by atoms with Gasteiger partial charge in [-0.1, -0.05) is 15.9 Å². The van der Waals surface area contributed by atoms with Crippen molar-refractivity contribution in [3.8, 4) is 0 Å². The molecule has 0 radical (unpaired) electrons. The quantitative estimate of drug-likeness (QED) is 0.736. The van der Waals surface area contributed by atoms with Gasteiger partial charge in [0.2, 0.25) is 5.91 Å². The van der Waals surface area contributed by atoms with E-state index < -0.39 is 0 Å². The van der Waals surface area contributed by atoms with Crippen LogP contribution in [0.25, 0.3) is 0 Å². The second-order valence-electron chi connectivity index (χ2n) is 3.44. The van der Waals surface area contributed by atoms with Crippen molar-refractivity contribution >= 4 is 33.2 Å². The van der Waals surface area contributed by atoms with Crippen LogP contribution < -0.4 is 4.90 Å². The number of hydrogen-bond donors (Lipinski definition) is 0. The number of halogens is 1. The van der Waals surface area contributed by atoms with Gasteiger partial charge < -0.3 is 4.90 Å². The molecule has 0 aliphatic carbocycles. The monoisotopic (exact) mass is 268 g/mol.